The van der Waals surface area contributed by atoms with E-state index in [1.165, 1.54) is 5.01 Å². The van der Waals surface area contributed by atoms with E-state index in [-0.39, 0.29) is 11.9 Å². The summed E-state index contributed by atoms with van der Waals surface area (Å²) in [4.78, 5) is 12.6. The van der Waals surface area contributed by atoms with Crippen LogP contribution in [0.3, 0.4) is 0 Å². The minimum Gasteiger partial charge on any atom is -0.479 e. The summed E-state index contributed by atoms with van der Waals surface area (Å²) in [5.41, 5.74) is 1.47. The van der Waals surface area contributed by atoms with Crippen molar-refractivity contribution in [2.75, 3.05) is 0 Å². The van der Waals surface area contributed by atoms with E-state index in [0.29, 0.717) is 33.7 Å². The van der Waals surface area contributed by atoms with Gasteiger partial charge in [0.2, 0.25) is 0 Å². The third-order valence-electron chi connectivity index (χ3n) is 3.98. The number of carbonyl (C=O) groups is 1. The van der Waals surface area contributed by atoms with E-state index in [1.54, 1.807) is 31.4 Å². The third kappa shape index (κ3) is 2.31. The minimum absolute atomic E-state index is 0.222. The van der Waals surface area contributed by atoms with Crippen molar-refractivity contribution >= 4 is 34.8 Å². The monoisotopic (exact) mass is 350 g/mol. The van der Waals surface area contributed by atoms with Gasteiger partial charge < -0.3 is 9.15 Å². The van der Waals surface area contributed by atoms with Gasteiger partial charge in [0.25, 0.3) is 5.91 Å². The first-order valence-electron chi connectivity index (χ1n) is 7.14. The molecule has 118 valence electrons. The van der Waals surface area contributed by atoms with Gasteiger partial charge in [-0.05, 0) is 31.2 Å². The van der Waals surface area contributed by atoms with Crippen molar-refractivity contribution in [3.05, 3.63) is 51.9 Å². The Hall–Kier alpha value is -1.98. The highest BCUT2D eigenvalue weighted by atomic mass is 35.5. The summed E-state index contributed by atoms with van der Waals surface area (Å²) in [6.45, 7) is 1.68. The van der Waals surface area contributed by atoms with Crippen molar-refractivity contribution in [3.63, 3.8) is 0 Å². The molecule has 7 heteroatoms. The number of hydrazone groups is 1. The maximum absolute atomic E-state index is 12.6. The van der Waals surface area contributed by atoms with E-state index >= 15 is 0 Å². The van der Waals surface area contributed by atoms with E-state index in [1.807, 2.05) is 6.07 Å². The number of carbonyl (C=O) groups excluding carboxylic acids is 1. The highest BCUT2D eigenvalue weighted by molar-refractivity contribution is 6.35. The van der Waals surface area contributed by atoms with Gasteiger partial charge in [-0.1, -0.05) is 23.2 Å². The molecule has 2 atom stereocenters. The number of hydrogen-bond donors (Lipinski definition) is 0. The number of halogens is 2. The fraction of sp³-hybridized carbons (Fsp3) is 0.250. The van der Waals surface area contributed by atoms with Crippen LogP contribution in [0.25, 0.3) is 0 Å². The molecule has 2 aliphatic heterocycles. The van der Waals surface area contributed by atoms with Crippen molar-refractivity contribution in [3.8, 4) is 5.75 Å². The Morgan fingerprint density at radius 3 is 2.91 bits per heavy atom. The Morgan fingerprint density at radius 1 is 1.35 bits per heavy atom. The van der Waals surface area contributed by atoms with E-state index in [0.717, 1.165) is 5.56 Å². The van der Waals surface area contributed by atoms with E-state index < -0.39 is 6.10 Å². The Balaban J connectivity index is 1.84. The average Bonchev–Trinajstić information content (AvgIpc) is 3.15. The maximum atomic E-state index is 12.6. The topological polar surface area (TPSA) is 55.0 Å². The molecule has 0 radical (unpaired) electrons. The average molecular weight is 351 g/mol. The minimum atomic E-state index is -0.683. The van der Waals surface area contributed by atoms with Gasteiger partial charge in [0.1, 0.15) is 17.2 Å². The standard InChI is InChI=1S/C16H12Cl2N2O3/c1-8-16(21)20-13(7-12(19-20)14-3-2-4-22-14)10-5-9(17)6-11(18)15(10)23-8/h2-6,8,13H,7H2,1H3. The van der Waals surface area contributed by atoms with Crippen LogP contribution in [0.2, 0.25) is 10.0 Å². The first-order valence-corrected chi connectivity index (χ1v) is 7.90. The molecule has 4 rings (SSSR count). The van der Waals surface area contributed by atoms with Gasteiger partial charge in [0.15, 0.2) is 6.10 Å². The molecule has 23 heavy (non-hydrogen) atoms. The molecule has 0 aliphatic carbocycles. The molecule has 0 saturated carbocycles. The van der Waals surface area contributed by atoms with Gasteiger partial charge >= 0.3 is 0 Å². The Kier molecular flexibility index (Phi) is 3.36. The number of hydrogen-bond acceptors (Lipinski definition) is 4. The molecule has 2 aromatic rings. The Morgan fingerprint density at radius 2 is 2.17 bits per heavy atom. The number of rotatable bonds is 1. The van der Waals surface area contributed by atoms with Crippen molar-refractivity contribution in [2.24, 2.45) is 5.10 Å². The molecule has 0 bridgehead atoms. The molecule has 5 nitrogen and oxygen atoms in total. The maximum Gasteiger partial charge on any atom is 0.283 e. The van der Waals surface area contributed by atoms with Gasteiger partial charge in [-0.25, -0.2) is 5.01 Å². The SMILES string of the molecule is CC1Oc2c(Cl)cc(Cl)cc2C2CC(c3ccco3)=NN2C1=O. The molecular weight excluding hydrogens is 339 g/mol. The molecule has 2 aliphatic rings. The van der Waals surface area contributed by atoms with Gasteiger partial charge in [-0.15, -0.1) is 0 Å². The summed E-state index contributed by atoms with van der Waals surface area (Å²) in [7, 11) is 0. The van der Waals surface area contributed by atoms with Crippen LogP contribution in [-0.2, 0) is 4.79 Å². The molecular formula is C16H12Cl2N2O3. The van der Waals surface area contributed by atoms with Crippen LogP contribution in [0, 0.1) is 0 Å². The lowest BCUT2D eigenvalue weighted by Gasteiger charge is -2.19. The summed E-state index contributed by atoms with van der Waals surface area (Å²) in [5, 5.41) is 6.77. The van der Waals surface area contributed by atoms with Crippen LogP contribution in [0.15, 0.2) is 40.0 Å². The molecule has 0 saturated heterocycles. The number of fused-ring (bicyclic) bond motifs is 3. The largest absolute Gasteiger partial charge is 0.479 e. The first kappa shape index (κ1) is 14.6. The van der Waals surface area contributed by atoms with Crippen LogP contribution < -0.4 is 4.74 Å². The smallest absolute Gasteiger partial charge is 0.283 e. The number of amides is 1. The van der Waals surface area contributed by atoms with E-state index in [4.69, 9.17) is 32.4 Å². The fourth-order valence-electron chi connectivity index (χ4n) is 2.91. The van der Waals surface area contributed by atoms with Crippen molar-refractivity contribution in [2.45, 2.75) is 25.5 Å². The normalized spacial score (nSPS) is 23.0. The van der Waals surface area contributed by atoms with Crippen LogP contribution in [0.5, 0.6) is 5.75 Å². The zero-order chi connectivity index (χ0) is 16.1. The van der Waals surface area contributed by atoms with Crippen molar-refractivity contribution in [1.29, 1.82) is 0 Å². The predicted molar refractivity (Wildman–Crippen MR) is 86.0 cm³/mol. The zero-order valence-electron chi connectivity index (χ0n) is 12.1. The second kappa shape index (κ2) is 5.28. The van der Waals surface area contributed by atoms with Crippen molar-refractivity contribution in [1.82, 2.24) is 5.01 Å². The Bertz CT molecular complexity index is 817. The Labute approximate surface area is 142 Å². The molecule has 0 spiro atoms. The van der Waals surface area contributed by atoms with E-state index in [2.05, 4.69) is 5.10 Å². The highest BCUT2D eigenvalue weighted by Gasteiger charge is 2.41. The fourth-order valence-corrected chi connectivity index (χ4v) is 3.47. The van der Waals surface area contributed by atoms with E-state index in [9.17, 15) is 4.79 Å². The first-order chi connectivity index (χ1) is 11.0. The quantitative estimate of drug-likeness (QED) is 0.779. The second-order valence-electron chi connectivity index (χ2n) is 5.49. The van der Waals surface area contributed by atoms with Crippen LogP contribution in [0.1, 0.15) is 30.7 Å². The van der Waals surface area contributed by atoms with Gasteiger partial charge in [-0.3, -0.25) is 4.79 Å². The number of ether oxygens (including phenoxy) is 1. The summed E-state index contributed by atoms with van der Waals surface area (Å²) >= 11 is 12.4. The summed E-state index contributed by atoms with van der Waals surface area (Å²) in [6.07, 6.45) is 1.41. The van der Waals surface area contributed by atoms with Gasteiger partial charge in [0.05, 0.1) is 17.3 Å². The van der Waals surface area contributed by atoms with Gasteiger partial charge in [-0.2, -0.15) is 5.10 Å². The van der Waals surface area contributed by atoms with Gasteiger partial charge in [0, 0.05) is 17.0 Å². The number of furan rings is 1. The molecule has 0 N–H and O–H groups in total. The number of nitrogens with zero attached hydrogens (tertiary/aromatic N) is 2. The molecule has 1 aromatic heterocycles. The third-order valence-corrected chi connectivity index (χ3v) is 4.48. The molecule has 0 fully saturated rings. The van der Waals surface area contributed by atoms with Crippen LogP contribution >= 0.6 is 23.2 Å². The molecule has 1 aromatic carbocycles. The second-order valence-corrected chi connectivity index (χ2v) is 6.34. The lowest BCUT2D eigenvalue weighted by Crippen LogP contribution is -2.34. The molecule has 2 unspecified atom stereocenters. The van der Waals surface area contributed by atoms with Crippen LogP contribution in [-0.4, -0.2) is 22.7 Å². The van der Waals surface area contributed by atoms with Crippen LogP contribution in [0.4, 0.5) is 0 Å². The highest BCUT2D eigenvalue weighted by Crippen LogP contribution is 2.45. The predicted octanol–water partition coefficient (Wildman–Crippen LogP) is 4.05. The summed E-state index contributed by atoms with van der Waals surface area (Å²) < 4.78 is 11.1. The lowest BCUT2D eigenvalue weighted by atomic mass is 10.00. The molecule has 1 amide bonds. The summed E-state index contributed by atoms with van der Waals surface area (Å²) in [6, 6.07) is 6.68. The number of benzene rings is 1. The molecule has 3 heterocycles. The summed E-state index contributed by atoms with van der Waals surface area (Å²) in [5.74, 6) is 0.911. The van der Waals surface area contributed by atoms with Crippen molar-refractivity contribution < 1.29 is 13.9 Å². The lowest BCUT2D eigenvalue weighted by molar-refractivity contribution is -0.138. The zero-order valence-corrected chi connectivity index (χ0v) is 13.6.